The van der Waals surface area contributed by atoms with Crippen LogP contribution in [0, 0.1) is 0 Å². The van der Waals surface area contributed by atoms with E-state index in [1.54, 1.807) is 6.92 Å². The van der Waals surface area contributed by atoms with Crippen molar-refractivity contribution in [1.29, 1.82) is 0 Å². The quantitative estimate of drug-likeness (QED) is 0.469. The van der Waals surface area contributed by atoms with Crippen LogP contribution < -0.4 is 0 Å². The molecule has 2 heteroatoms. The third-order valence-electron chi connectivity index (χ3n) is 2.96. The molecule has 0 aliphatic carbocycles. The molecule has 2 rings (SSSR count). The maximum Gasteiger partial charge on any atom is 0.342 e. The monoisotopic (exact) mass is 278 g/mol. The van der Waals surface area contributed by atoms with Gasteiger partial charge in [-0.05, 0) is 24.1 Å². The molecule has 0 saturated heterocycles. The van der Waals surface area contributed by atoms with Gasteiger partial charge in [-0.15, -0.1) is 5.73 Å². The van der Waals surface area contributed by atoms with Gasteiger partial charge in [0.05, 0.1) is 12.2 Å². The maximum absolute atomic E-state index is 12.0. The van der Waals surface area contributed by atoms with E-state index >= 15 is 0 Å². The van der Waals surface area contributed by atoms with Crippen molar-refractivity contribution in [2.24, 2.45) is 0 Å². The lowest BCUT2D eigenvalue weighted by Crippen LogP contribution is -2.09. The lowest BCUT2D eigenvalue weighted by Gasteiger charge is -2.04. The Bertz CT molecular complexity index is 636. The summed E-state index contributed by atoms with van der Waals surface area (Å²) in [4.78, 5) is 12.0. The minimum Gasteiger partial charge on any atom is -0.462 e. The van der Waals surface area contributed by atoms with Gasteiger partial charge in [0.25, 0.3) is 0 Å². The summed E-state index contributed by atoms with van der Waals surface area (Å²) in [6.07, 6.45) is 2.33. The van der Waals surface area contributed by atoms with Crippen molar-refractivity contribution in [1.82, 2.24) is 0 Å². The highest BCUT2D eigenvalue weighted by Crippen LogP contribution is 2.10. The van der Waals surface area contributed by atoms with Crippen molar-refractivity contribution in [3.8, 4) is 0 Å². The van der Waals surface area contributed by atoms with E-state index in [1.807, 2.05) is 66.7 Å². The molecule has 0 bridgehead atoms. The van der Waals surface area contributed by atoms with Crippen molar-refractivity contribution in [3.63, 3.8) is 0 Å². The summed E-state index contributed by atoms with van der Waals surface area (Å²) in [5, 5.41) is 0. The summed E-state index contributed by atoms with van der Waals surface area (Å²) in [7, 11) is 0. The molecule has 0 fully saturated rings. The Morgan fingerprint density at radius 2 is 1.67 bits per heavy atom. The van der Waals surface area contributed by atoms with E-state index in [2.05, 4.69) is 5.73 Å². The Morgan fingerprint density at radius 3 is 2.29 bits per heavy atom. The molecule has 0 aliphatic heterocycles. The summed E-state index contributed by atoms with van der Waals surface area (Å²) in [6, 6.07) is 19.7. The van der Waals surface area contributed by atoms with E-state index in [0.29, 0.717) is 18.6 Å². The highest BCUT2D eigenvalue weighted by Gasteiger charge is 2.10. The van der Waals surface area contributed by atoms with Crippen LogP contribution in [0.2, 0.25) is 0 Å². The van der Waals surface area contributed by atoms with Crippen LogP contribution in [0.3, 0.4) is 0 Å². The predicted molar refractivity (Wildman–Crippen MR) is 84.7 cm³/mol. The SMILES string of the molecule is CCOC(=O)C(=C=Cc1ccccc1)Cc1ccccc1. The molecule has 0 unspecified atom stereocenters. The van der Waals surface area contributed by atoms with E-state index < -0.39 is 0 Å². The first-order valence-corrected chi connectivity index (χ1v) is 7.01. The second-order valence-corrected chi connectivity index (χ2v) is 4.56. The summed E-state index contributed by atoms with van der Waals surface area (Å²) in [6.45, 7) is 2.17. The summed E-state index contributed by atoms with van der Waals surface area (Å²) < 4.78 is 5.11. The number of hydrogen-bond acceptors (Lipinski definition) is 2. The minimum atomic E-state index is -0.312. The predicted octanol–water partition coefficient (Wildman–Crippen LogP) is 4.03. The van der Waals surface area contributed by atoms with Gasteiger partial charge in [0.2, 0.25) is 0 Å². The zero-order valence-electron chi connectivity index (χ0n) is 12.1. The molecule has 0 aromatic heterocycles. The van der Waals surface area contributed by atoms with Crippen molar-refractivity contribution < 1.29 is 9.53 Å². The molecule has 0 atom stereocenters. The Balaban J connectivity index is 2.28. The third-order valence-corrected chi connectivity index (χ3v) is 2.96. The lowest BCUT2D eigenvalue weighted by molar-refractivity contribution is -0.138. The normalized spacial score (nSPS) is 9.57. The van der Waals surface area contributed by atoms with E-state index in [0.717, 1.165) is 11.1 Å². The highest BCUT2D eigenvalue weighted by atomic mass is 16.5. The highest BCUT2D eigenvalue weighted by molar-refractivity contribution is 5.89. The fraction of sp³-hybridized carbons (Fsp3) is 0.158. The van der Waals surface area contributed by atoms with Crippen LogP contribution >= 0.6 is 0 Å². The van der Waals surface area contributed by atoms with Gasteiger partial charge in [-0.2, -0.15) is 0 Å². The second-order valence-electron chi connectivity index (χ2n) is 4.56. The zero-order valence-corrected chi connectivity index (χ0v) is 12.1. The molecule has 0 heterocycles. The summed E-state index contributed by atoms with van der Waals surface area (Å²) in [5.41, 5.74) is 5.69. The third kappa shape index (κ3) is 4.79. The molecule has 21 heavy (non-hydrogen) atoms. The van der Waals surface area contributed by atoms with Crippen LogP contribution in [0.5, 0.6) is 0 Å². The summed E-state index contributed by atoms with van der Waals surface area (Å²) >= 11 is 0. The smallest absolute Gasteiger partial charge is 0.342 e. The zero-order chi connectivity index (χ0) is 14.9. The number of hydrogen-bond donors (Lipinski definition) is 0. The fourth-order valence-electron chi connectivity index (χ4n) is 1.92. The molecule has 0 N–H and O–H groups in total. The van der Waals surface area contributed by atoms with Gasteiger partial charge in [0.1, 0.15) is 0 Å². The average molecular weight is 278 g/mol. The largest absolute Gasteiger partial charge is 0.462 e. The van der Waals surface area contributed by atoms with E-state index in [-0.39, 0.29) is 5.97 Å². The van der Waals surface area contributed by atoms with Crippen LogP contribution in [0.25, 0.3) is 6.08 Å². The minimum absolute atomic E-state index is 0.312. The number of esters is 1. The number of rotatable bonds is 5. The van der Waals surface area contributed by atoms with Crippen molar-refractivity contribution in [2.75, 3.05) is 6.61 Å². The number of benzene rings is 2. The molecule has 2 aromatic rings. The van der Waals surface area contributed by atoms with E-state index in [1.165, 1.54) is 0 Å². The molecule has 0 spiro atoms. The van der Waals surface area contributed by atoms with Crippen LogP contribution in [-0.4, -0.2) is 12.6 Å². The molecule has 106 valence electrons. The Hall–Kier alpha value is -2.57. The molecule has 0 saturated carbocycles. The number of carbonyl (C=O) groups is 1. The van der Waals surface area contributed by atoms with E-state index in [4.69, 9.17) is 4.74 Å². The molecule has 0 aliphatic rings. The van der Waals surface area contributed by atoms with Gasteiger partial charge in [-0.3, -0.25) is 0 Å². The first-order chi connectivity index (χ1) is 10.3. The van der Waals surface area contributed by atoms with E-state index in [9.17, 15) is 4.79 Å². The molecule has 2 aromatic carbocycles. The molecule has 0 radical (unpaired) electrons. The van der Waals surface area contributed by atoms with Gasteiger partial charge < -0.3 is 4.74 Å². The first-order valence-electron chi connectivity index (χ1n) is 7.01. The standard InChI is InChI=1S/C19H18O2/c1-2-21-19(20)18(15-17-11-7-4-8-12-17)14-13-16-9-5-3-6-10-16/h3-13H,2,15H2,1H3. The Labute approximate surface area is 125 Å². The molecule has 0 amide bonds. The lowest BCUT2D eigenvalue weighted by atomic mass is 10.1. The topological polar surface area (TPSA) is 26.3 Å². The Morgan fingerprint density at radius 1 is 1.05 bits per heavy atom. The van der Waals surface area contributed by atoms with Crippen molar-refractivity contribution in [2.45, 2.75) is 13.3 Å². The van der Waals surface area contributed by atoms with Gasteiger partial charge in [0, 0.05) is 6.42 Å². The summed E-state index contributed by atoms with van der Waals surface area (Å²) in [5.74, 6) is -0.312. The van der Waals surface area contributed by atoms with Gasteiger partial charge in [-0.1, -0.05) is 60.7 Å². The van der Waals surface area contributed by atoms with Crippen LogP contribution in [0.4, 0.5) is 0 Å². The molecular weight excluding hydrogens is 260 g/mol. The van der Waals surface area contributed by atoms with Gasteiger partial charge >= 0.3 is 5.97 Å². The maximum atomic E-state index is 12.0. The fourth-order valence-corrected chi connectivity index (χ4v) is 1.92. The average Bonchev–Trinajstić information content (AvgIpc) is 2.53. The van der Waals surface area contributed by atoms with Crippen LogP contribution in [0.15, 0.2) is 72.0 Å². The van der Waals surface area contributed by atoms with Gasteiger partial charge in [0.15, 0.2) is 0 Å². The van der Waals surface area contributed by atoms with Gasteiger partial charge in [-0.25, -0.2) is 4.79 Å². The molecular formula is C19H18O2. The molecule has 2 nitrogen and oxygen atoms in total. The van der Waals surface area contributed by atoms with Crippen LogP contribution in [0.1, 0.15) is 18.1 Å². The van der Waals surface area contributed by atoms with Crippen molar-refractivity contribution in [3.05, 3.63) is 83.1 Å². The van der Waals surface area contributed by atoms with Crippen LogP contribution in [-0.2, 0) is 16.0 Å². The van der Waals surface area contributed by atoms with Crippen molar-refractivity contribution >= 4 is 12.0 Å². The number of carbonyl (C=O) groups excluding carboxylic acids is 1. The second kappa shape index (κ2) is 7.88. The first kappa shape index (κ1) is 14.8. The number of ether oxygens (including phenoxy) is 1. The Kier molecular flexibility index (Phi) is 5.57.